The molecule has 9 heteroatoms. The number of carbonyl (C=O) groups excluding carboxylic acids is 1. The fraction of sp³-hybridized carbons (Fsp3) is 0.208. The Morgan fingerprint density at radius 1 is 0.939 bits per heavy atom. The number of halogens is 1. The third-order valence-corrected chi connectivity index (χ3v) is 6.08. The Morgan fingerprint density at radius 2 is 1.61 bits per heavy atom. The van der Waals surface area contributed by atoms with Crippen molar-refractivity contribution < 1.29 is 27.1 Å². The number of anilines is 1. The van der Waals surface area contributed by atoms with Crippen LogP contribution in [-0.4, -0.2) is 34.8 Å². The number of nitrogens with zero attached hydrogens (tertiary/aromatic N) is 1. The van der Waals surface area contributed by atoms with E-state index in [1.807, 2.05) is 6.07 Å². The summed E-state index contributed by atoms with van der Waals surface area (Å²) in [4.78, 5) is 12.5. The number of rotatable bonds is 9. The van der Waals surface area contributed by atoms with Crippen LogP contribution in [0.5, 0.6) is 11.5 Å². The number of carbonyl (C=O) groups is 1. The molecule has 0 aliphatic heterocycles. The van der Waals surface area contributed by atoms with E-state index in [-0.39, 0.29) is 18.1 Å². The molecule has 1 N–H and O–H groups in total. The summed E-state index contributed by atoms with van der Waals surface area (Å²) in [6, 6.07) is 17.3. The Kier molecular flexibility index (Phi) is 7.55. The fourth-order valence-corrected chi connectivity index (χ4v) is 4.11. The molecule has 0 fully saturated rings. The lowest BCUT2D eigenvalue weighted by molar-refractivity contribution is 0.0951. The Morgan fingerprint density at radius 3 is 2.21 bits per heavy atom. The monoisotopic (exact) mass is 472 g/mol. The molecule has 0 atom stereocenters. The molecule has 174 valence electrons. The van der Waals surface area contributed by atoms with Gasteiger partial charge in [-0.1, -0.05) is 24.3 Å². The maximum Gasteiger partial charge on any atom is 0.251 e. The van der Waals surface area contributed by atoms with Gasteiger partial charge >= 0.3 is 0 Å². The Hall–Kier alpha value is -3.59. The van der Waals surface area contributed by atoms with Crippen LogP contribution in [0.1, 0.15) is 21.5 Å². The summed E-state index contributed by atoms with van der Waals surface area (Å²) in [6.45, 7) is 0.304. The molecule has 0 heterocycles. The predicted octanol–water partition coefficient (Wildman–Crippen LogP) is 3.74. The lowest BCUT2D eigenvalue weighted by atomic mass is 10.1. The summed E-state index contributed by atoms with van der Waals surface area (Å²) in [5.41, 5.74) is 2.16. The molecule has 3 rings (SSSR count). The molecule has 3 aromatic rings. The van der Waals surface area contributed by atoms with Crippen LogP contribution < -0.4 is 19.1 Å². The first-order chi connectivity index (χ1) is 15.7. The van der Waals surface area contributed by atoms with Crippen molar-refractivity contribution in [3.8, 4) is 11.5 Å². The van der Waals surface area contributed by atoms with Crippen LogP contribution in [0.2, 0.25) is 0 Å². The van der Waals surface area contributed by atoms with Gasteiger partial charge in [0, 0.05) is 12.1 Å². The second-order valence-corrected chi connectivity index (χ2v) is 9.23. The number of methoxy groups -OCH3 is 2. The third kappa shape index (κ3) is 6.23. The van der Waals surface area contributed by atoms with E-state index in [1.165, 1.54) is 18.2 Å². The van der Waals surface area contributed by atoms with Gasteiger partial charge in [-0.15, -0.1) is 0 Å². The summed E-state index contributed by atoms with van der Waals surface area (Å²) in [5.74, 6) is 0.371. The van der Waals surface area contributed by atoms with Gasteiger partial charge in [0.1, 0.15) is 5.82 Å². The van der Waals surface area contributed by atoms with Crippen molar-refractivity contribution in [1.82, 2.24) is 5.32 Å². The number of sulfonamides is 1. The molecule has 7 nitrogen and oxygen atoms in total. The van der Waals surface area contributed by atoms with Gasteiger partial charge in [-0.05, 0) is 53.6 Å². The normalized spacial score (nSPS) is 11.0. The quantitative estimate of drug-likeness (QED) is 0.513. The minimum Gasteiger partial charge on any atom is -0.493 e. The molecule has 0 saturated heterocycles. The minimum atomic E-state index is -3.64. The van der Waals surface area contributed by atoms with Gasteiger partial charge < -0.3 is 14.8 Å². The lowest BCUT2D eigenvalue weighted by Crippen LogP contribution is -2.29. The fourth-order valence-electron chi connectivity index (χ4n) is 3.23. The summed E-state index contributed by atoms with van der Waals surface area (Å²) in [6.07, 6.45) is 1.06. The van der Waals surface area contributed by atoms with Crippen molar-refractivity contribution >= 4 is 21.6 Å². The number of nitrogens with one attached hydrogen (secondary N) is 1. The van der Waals surface area contributed by atoms with Crippen LogP contribution in [0.3, 0.4) is 0 Å². The number of ether oxygens (including phenoxy) is 2. The van der Waals surface area contributed by atoms with Crippen LogP contribution in [0.15, 0.2) is 66.7 Å². The van der Waals surface area contributed by atoms with Gasteiger partial charge in [0.2, 0.25) is 10.0 Å². The first kappa shape index (κ1) is 24.1. The minimum absolute atomic E-state index is 0.00975. The summed E-state index contributed by atoms with van der Waals surface area (Å²) in [7, 11) is -0.547. The van der Waals surface area contributed by atoms with E-state index in [9.17, 15) is 17.6 Å². The van der Waals surface area contributed by atoms with Crippen molar-refractivity contribution in [2.75, 3.05) is 24.8 Å². The number of benzene rings is 3. The van der Waals surface area contributed by atoms with Gasteiger partial charge in [-0.25, -0.2) is 12.8 Å². The Labute approximate surface area is 192 Å². The summed E-state index contributed by atoms with van der Waals surface area (Å²) < 4.78 is 49.7. The van der Waals surface area contributed by atoms with Crippen molar-refractivity contribution in [3.63, 3.8) is 0 Å². The summed E-state index contributed by atoms with van der Waals surface area (Å²) in [5, 5.41) is 2.84. The van der Waals surface area contributed by atoms with Gasteiger partial charge in [0.05, 0.1) is 32.7 Å². The highest BCUT2D eigenvalue weighted by Crippen LogP contribution is 2.27. The third-order valence-electron chi connectivity index (χ3n) is 4.94. The highest BCUT2D eigenvalue weighted by molar-refractivity contribution is 7.92. The summed E-state index contributed by atoms with van der Waals surface area (Å²) >= 11 is 0. The number of amides is 1. The maximum atomic E-state index is 13.6. The molecule has 0 spiro atoms. The zero-order valence-corrected chi connectivity index (χ0v) is 19.4. The van der Waals surface area contributed by atoms with Crippen LogP contribution >= 0.6 is 0 Å². The first-order valence-electron chi connectivity index (χ1n) is 10.0. The van der Waals surface area contributed by atoms with Crippen molar-refractivity contribution in [2.24, 2.45) is 0 Å². The largest absolute Gasteiger partial charge is 0.493 e. The van der Waals surface area contributed by atoms with E-state index in [0.717, 1.165) is 22.2 Å². The molecular formula is C24H25FN2O5S. The highest BCUT2D eigenvalue weighted by atomic mass is 32.2. The highest BCUT2D eigenvalue weighted by Gasteiger charge is 2.18. The zero-order valence-electron chi connectivity index (χ0n) is 18.5. The second kappa shape index (κ2) is 10.4. The van der Waals surface area contributed by atoms with Crippen molar-refractivity contribution in [3.05, 3.63) is 89.2 Å². The number of hydrogen-bond donors (Lipinski definition) is 1. The van der Waals surface area contributed by atoms with Crippen LogP contribution in [0.4, 0.5) is 10.1 Å². The molecule has 33 heavy (non-hydrogen) atoms. The van der Waals surface area contributed by atoms with Crippen molar-refractivity contribution in [2.45, 2.75) is 13.1 Å². The Balaban J connectivity index is 1.68. The van der Waals surface area contributed by atoms with Crippen LogP contribution in [0.25, 0.3) is 0 Å². The SMILES string of the molecule is COc1ccc(CNC(=O)c2ccc(CN(c3cccc(F)c3)S(C)(=O)=O)cc2)cc1OC. The van der Waals surface area contributed by atoms with Crippen molar-refractivity contribution in [1.29, 1.82) is 0 Å². The average molecular weight is 473 g/mol. The molecule has 0 aliphatic rings. The van der Waals surface area contributed by atoms with E-state index in [2.05, 4.69) is 5.32 Å². The smallest absolute Gasteiger partial charge is 0.251 e. The number of hydrogen-bond acceptors (Lipinski definition) is 5. The molecule has 0 saturated carbocycles. The Bertz CT molecular complexity index is 1230. The van der Waals surface area contributed by atoms with Gasteiger partial charge in [0.25, 0.3) is 5.91 Å². The molecule has 0 aromatic heterocycles. The van der Waals surface area contributed by atoms with E-state index in [4.69, 9.17) is 9.47 Å². The molecule has 3 aromatic carbocycles. The average Bonchev–Trinajstić information content (AvgIpc) is 2.80. The van der Waals surface area contributed by atoms with E-state index >= 15 is 0 Å². The van der Waals surface area contributed by atoms with Crippen LogP contribution in [-0.2, 0) is 23.1 Å². The van der Waals surface area contributed by atoms with E-state index in [0.29, 0.717) is 29.2 Å². The van der Waals surface area contributed by atoms with E-state index in [1.54, 1.807) is 50.6 Å². The predicted molar refractivity (Wildman–Crippen MR) is 125 cm³/mol. The molecular weight excluding hydrogens is 447 g/mol. The topological polar surface area (TPSA) is 84.9 Å². The zero-order chi connectivity index (χ0) is 24.0. The lowest BCUT2D eigenvalue weighted by Gasteiger charge is -2.22. The second-order valence-electron chi connectivity index (χ2n) is 7.32. The van der Waals surface area contributed by atoms with Gasteiger partial charge in [-0.3, -0.25) is 9.10 Å². The molecule has 1 amide bonds. The van der Waals surface area contributed by atoms with Gasteiger partial charge in [-0.2, -0.15) is 0 Å². The standard InChI is InChI=1S/C24H25FN2O5S/c1-31-22-12-9-18(13-23(22)32-2)15-26-24(28)19-10-7-17(8-11-19)16-27(33(3,29)30)21-6-4-5-20(25)14-21/h4-14H,15-16H2,1-3H3,(H,26,28). The molecule has 0 radical (unpaired) electrons. The molecule has 0 aliphatic carbocycles. The van der Waals surface area contributed by atoms with E-state index < -0.39 is 15.8 Å². The maximum absolute atomic E-state index is 13.6. The van der Waals surface area contributed by atoms with Crippen LogP contribution in [0, 0.1) is 5.82 Å². The first-order valence-corrected chi connectivity index (χ1v) is 11.9. The molecule has 0 bridgehead atoms. The molecule has 0 unspecified atom stereocenters. The van der Waals surface area contributed by atoms with Gasteiger partial charge in [0.15, 0.2) is 11.5 Å².